The first-order valence-electron chi connectivity index (χ1n) is 7.96. The Balaban J connectivity index is 1.90. The quantitative estimate of drug-likeness (QED) is 0.547. The van der Waals surface area contributed by atoms with Gasteiger partial charge in [-0.05, 0) is 37.1 Å². The average Bonchev–Trinajstić information content (AvgIpc) is 2.60. The second-order valence-electron chi connectivity index (χ2n) is 6.12. The van der Waals surface area contributed by atoms with E-state index in [1.54, 1.807) is 6.07 Å². The van der Waals surface area contributed by atoms with Crippen LogP contribution in [-0.4, -0.2) is 20.4 Å². The Bertz CT molecular complexity index is 1120. The molecule has 0 bridgehead atoms. The maximum absolute atomic E-state index is 12.6. The predicted molar refractivity (Wildman–Crippen MR) is 102 cm³/mol. The van der Waals surface area contributed by atoms with E-state index >= 15 is 0 Å². The van der Waals surface area contributed by atoms with Crippen molar-refractivity contribution in [3.8, 4) is 0 Å². The number of halogens is 1. The smallest absolute Gasteiger partial charge is 0.270 e. The van der Waals surface area contributed by atoms with Gasteiger partial charge in [0, 0.05) is 12.1 Å². The van der Waals surface area contributed by atoms with Gasteiger partial charge < -0.3 is 5.32 Å². The molecular formula is C18H15ClN4O4. The second-order valence-corrected chi connectivity index (χ2v) is 6.53. The van der Waals surface area contributed by atoms with Gasteiger partial charge in [-0.25, -0.2) is 4.98 Å². The van der Waals surface area contributed by atoms with Gasteiger partial charge in [0.25, 0.3) is 11.2 Å². The largest absolute Gasteiger partial charge is 0.323 e. The molecule has 0 aliphatic heterocycles. The fraction of sp³-hybridized carbons (Fsp3) is 0.167. The lowest BCUT2D eigenvalue weighted by molar-refractivity contribution is -0.384. The molecule has 9 heteroatoms. The van der Waals surface area contributed by atoms with E-state index in [9.17, 15) is 19.7 Å². The zero-order valence-corrected chi connectivity index (χ0v) is 15.3. The van der Waals surface area contributed by atoms with Gasteiger partial charge in [0.15, 0.2) is 0 Å². The number of amides is 1. The number of nitrogens with one attached hydrogen (secondary N) is 1. The molecule has 2 aromatic carbocycles. The lowest BCUT2D eigenvalue weighted by Crippen LogP contribution is -2.28. The van der Waals surface area contributed by atoms with Gasteiger partial charge in [-0.1, -0.05) is 17.7 Å². The molecule has 0 saturated carbocycles. The molecule has 0 radical (unpaired) electrons. The summed E-state index contributed by atoms with van der Waals surface area (Å²) < 4.78 is 1.10. The molecule has 0 saturated heterocycles. The summed E-state index contributed by atoms with van der Waals surface area (Å²) in [5.74, 6) is -0.461. The Morgan fingerprint density at radius 2 is 2.04 bits per heavy atom. The summed E-state index contributed by atoms with van der Waals surface area (Å²) in [6.07, 6.45) is 1.24. The molecule has 1 heterocycles. The van der Waals surface area contributed by atoms with Crippen LogP contribution in [0.25, 0.3) is 10.9 Å². The van der Waals surface area contributed by atoms with E-state index in [0.29, 0.717) is 16.2 Å². The number of non-ortho nitro benzene ring substituents is 1. The van der Waals surface area contributed by atoms with E-state index in [1.807, 2.05) is 19.9 Å². The molecule has 27 heavy (non-hydrogen) atoms. The number of hydrogen-bond acceptors (Lipinski definition) is 5. The lowest BCUT2D eigenvalue weighted by atomic mass is 10.1. The molecule has 0 fully saturated rings. The van der Waals surface area contributed by atoms with Crippen LogP contribution in [0.4, 0.5) is 11.4 Å². The number of carbonyl (C=O) groups excluding carboxylic acids is 1. The second kappa shape index (κ2) is 7.16. The third kappa shape index (κ3) is 3.80. The van der Waals surface area contributed by atoms with Crippen molar-refractivity contribution >= 4 is 39.8 Å². The van der Waals surface area contributed by atoms with Gasteiger partial charge in [0.05, 0.1) is 32.9 Å². The zero-order valence-electron chi connectivity index (χ0n) is 14.5. The number of carbonyl (C=O) groups is 1. The van der Waals surface area contributed by atoms with E-state index < -0.39 is 16.4 Å². The Labute approximate surface area is 158 Å². The number of nitro groups is 1. The van der Waals surface area contributed by atoms with E-state index in [2.05, 4.69) is 10.3 Å². The SMILES string of the molecule is Cc1cc(C)c(NC(=O)Cn2cnc3ccc([N+](=O)[O-])cc3c2=O)c(Cl)c1. The molecule has 0 unspecified atom stereocenters. The first-order chi connectivity index (χ1) is 12.8. The summed E-state index contributed by atoms with van der Waals surface area (Å²) in [5, 5.41) is 14.1. The van der Waals surface area contributed by atoms with Crippen molar-refractivity contribution in [2.24, 2.45) is 0 Å². The van der Waals surface area contributed by atoms with Crippen molar-refractivity contribution in [3.05, 3.63) is 73.3 Å². The fourth-order valence-electron chi connectivity index (χ4n) is 2.78. The van der Waals surface area contributed by atoms with Crippen LogP contribution in [0.1, 0.15) is 11.1 Å². The predicted octanol–water partition coefficient (Wildman–Crippen LogP) is 3.21. The molecule has 0 atom stereocenters. The Morgan fingerprint density at radius 3 is 2.70 bits per heavy atom. The van der Waals surface area contributed by atoms with Crippen molar-refractivity contribution in [2.75, 3.05) is 5.32 Å². The van der Waals surface area contributed by atoms with Crippen LogP contribution in [0.3, 0.4) is 0 Å². The number of aryl methyl sites for hydroxylation is 2. The van der Waals surface area contributed by atoms with Crippen molar-refractivity contribution in [1.82, 2.24) is 9.55 Å². The van der Waals surface area contributed by atoms with Crippen molar-refractivity contribution in [2.45, 2.75) is 20.4 Å². The minimum absolute atomic E-state index is 0.0732. The zero-order chi connectivity index (χ0) is 19.7. The molecule has 3 rings (SSSR count). The fourth-order valence-corrected chi connectivity index (χ4v) is 3.15. The van der Waals surface area contributed by atoms with Crippen LogP contribution < -0.4 is 10.9 Å². The highest BCUT2D eigenvalue weighted by atomic mass is 35.5. The Morgan fingerprint density at radius 1 is 1.30 bits per heavy atom. The van der Waals surface area contributed by atoms with E-state index in [4.69, 9.17) is 11.6 Å². The molecule has 1 aromatic heterocycles. The molecule has 8 nitrogen and oxygen atoms in total. The summed E-state index contributed by atoms with van der Waals surface area (Å²) in [5.41, 5.74) is 1.81. The number of nitrogens with zero attached hydrogens (tertiary/aromatic N) is 3. The van der Waals surface area contributed by atoms with Gasteiger partial charge >= 0.3 is 0 Å². The van der Waals surface area contributed by atoms with Crippen molar-refractivity contribution in [3.63, 3.8) is 0 Å². The minimum atomic E-state index is -0.592. The molecular weight excluding hydrogens is 372 g/mol. The highest BCUT2D eigenvalue weighted by Gasteiger charge is 2.14. The number of hydrogen-bond donors (Lipinski definition) is 1. The van der Waals surface area contributed by atoms with Crippen LogP contribution >= 0.6 is 11.6 Å². The maximum atomic E-state index is 12.6. The molecule has 0 aliphatic rings. The third-order valence-electron chi connectivity index (χ3n) is 4.03. The van der Waals surface area contributed by atoms with E-state index in [-0.39, 0.29) is 17.6 Å². The molecule has 138 valence electrons. The first kappa shape index (κ1) is 18.5. The van der Waals surface area contributed by atoms with Gasteiger partial charge in [0.1, 0.15) is 6.54 Å². The Hall–Kier alpha value is -3.26. The Kier molecular flexibility index (Phi) is 4.91. The molecule has 1 amide bonds. The molecule has 3 aromatic rings. The number of anilines is 1. The van der Waals surface area contributed by atoms with Crippen molar-refractivity contribution < 1.29 is 9.72 Å². The first-order valence-corrected chi connectivity index (χ1v) is 8.34. The summed E-state index contributed by atoms with van der Waals surface area (Å²) in [4.78, 5) is 39.3. The number of benzene rings is 2. The summed E-state index contributed by atoms with van der Waals surface area (Å²) in [7, 11) is 0. The standard InChI is InChI=1S/C18H15ClN4O4/c1-10-5-11(2)17(14(19)6-10)21-16(24)8-22-9-20-15-4-3-12(23(26)27)7-13(15)18(22)25/h3-7,9H,8H2,1-2H3,(H,21,24). The number of aromatic nitrogens is 2. The molecule has 0 spiro atoms. The summed E-state index contributed by atoms with van der Waals surface area (Å²) >= 11 is 6.18. The average molecular weight is 387 g/mol. The van der Waals surface area contributed by atoms with Gasteiger partial charge in [0.2, 0.25) is 5.91 Å². The highest BCUT2D eigenvalue weighted by molar-refractivity contribution is 6.34. The monoisotopic (exact) mass is 386 g/mol. The van der Waals surface area contributed by atoms with Crippen molar-refractivity contribution in [1.29, 1.82) is 0 Å². The minimum Gasteiger partial charge on any atom is -0.323 e. The summed E-state index contributed by atoms with van der Waals surface area (Å²) in [6, 6.07) is 7.43. The maximum Gasteiger partial charge on any atom is 0.270 e. The third-order valence-corrected chi connectivity index (χ3v) is 4.33. The van der Waals surface area contributed by atoms with Crippen LogP contribution in [0.5, 0.6) is 0 Å². The van der Waals surface area contributed by atoms with Gasteiger partial charge in [-0.3, -0.25) is 24.3 Å². The normalized spacial score (nSPS) is 10.8. The molecule has 0 aliphatic carbocycles. The highest BCUT2D eigenvalue weighted by Crippen LogP contribution is 2.27. The lowest BCUT2D eigenvalue weighted by Gasteiger charge is -2.12. The van der Waals surface area contributed by atoms with Gasteiger partial charge in [-0.2, -0.15) is 0 Å². The van der Waals surface area contributed by atoms with Crippen LogP contribution in [-0.2, 0) is 11.3 Å². The van der Waals surface area contributed by atoms with Gasteiger partial charge in [-0.15, -0.1) is 0 Å². The topological polar surface area (TPSA) is 107 Å². The molecule has 1 N–H and O–H groups in total. The number of rotatable bonds is 4. The van der Waals surface area contributed by atoms with E-state index in [1.165, 1.54) is 18.5 Å². The van der Waals surface area contributed by atoms with E-state index in [0.717, 1.165) is 21.8 Å². The van der Waals surface area contributed by atoms with Crippen LogP contribution in [0.2, 0.25) is 5.02 Å². The summed E-state index contributed by atoms with van der Waals surface area (Å²) in [6.45, 7) is 3.41. The van der Waals surface area contributed by atoms with Crippen LogP contribution in [0.15, 0.2) is 41.5 Å². The number of fused-ring (bicyclic) bond motifs is 1. The number of nitro benzene ring substituents is 1. The van der Waals surface area contributed by atoms with Crippen LogP contribution in [0, 0.1) is 24.0 Å².